The van der Waals surface area contributed by atoms with E-state index in [0.717, 1.165) is 5.82 Å². The summed E-state index contributed by atoms with van der Waals surface area (Å²) in [4.78, 5) is 43.4. The Bertz CT molecular complexity index is 1020. The van der Waals surface area contributed by atoms with E-state index in [1.165, 1.54) is 0 Å². The number of amides is 2. The molecule has 0 radical (unpaired) electrons. The second-order valence-corrected chi connectivity index (χ2v) is 8.27. The highest BCUT2D eigenvalue weighted by Gasteiger charge is 2.29. The van der Waals surface area contributed by atoms with Gasteiger partial charge < -0.3 is 15.0 Å². The number of likely N-dealkylation sites (tertiary alicyclic amines) is 1. The molecule has 2 aromatic rings. The van der Waals surface area contributed by atoms with Crippen molar-refractivity contribution in [1.82, 2.24) is 19.7 Å². The van der Waals surface area contributed by atoms with Crippen molar-refractivity contribution in [3.63, 3.8) is 0 Å². The van der Waals surface area contributed by atoms with Crippen molar-refractivity contribution in [3.05, 3.63) is 35.4 Å². The topological polar surface area (TPSA) is 106 Å². The summed E-state index contributed by atoms with van der Waals surface area (Å²) < 4.78 is 7.14. The Balaban J connectivity index is 1.33. The number of fused-ring (bicyclic) bond motifs is 1. The first-order chi connectivity index (χ1) is 14.8. The Labute approximate surface area is 180 Å². The molecule has 9 heteroatoms. The first kappa shape index (κ1) is 21.0. The number of ketones is 1. The zero-order valence-corrected chi connectivity index (χ0v) is 18.1. The second-order valence-electron chi connectivity index (χ2n) is 8.27. The molecule has 164 valence electrons. The number of hydrogen-bond donors (Lipinski definition) is 1. The third kappa shape index (κ3) is 4.45. The Kier molecular flexibility index (Phi) is 5.75. The van der Waals surface area contributed by atoms with Gasteiger partial charge in [-0.1, -0.05) is 0 Å². The molecule has 1 fully saturated rings. The van der Waals surface area contributed by atoms with Crippen LogP contribution in [-0.2, 0) is 9.59 Å². The number of aromatic nitrogens is 3. The van der Waals surface area contributed by atoms with Crippen molar-refractivity contribution in [3.8, 4) is 5.75 Å². The summed E-state index contributed by atoms with van der Waals surface area (Å²) in [5.74, 6) is 1.81. The van der Waals surface area contributed by atoms with Gasteiger partial charge in [0.2, 0.25) is 5.91 Å². The molecule has 0 unspecified atom stereocenters. The van der Waals surface area contributed by atoms with Gasteiger partial charge in [0, 0.05) is 31.0 Å². The number of Topliss-reactive ketones (excluding diaryl/α,β-unsaturated/α-hetero) is 1. The highest BCUT2D eigenvalue weighted by Crippen LogP contribution is 2.31. The maximum Gasteiger partial charge on any atom is 0.262 e. The van der Waals surface area contributed by atoms with Gasteiger partial charge in [-0.05, 0) is 51.8 Å². The molecule has 2 aliphatic heterocycles. The third-order valence-corrected chi connectivity index (χ3v) is 5.91. The van der Waals surface area contributed by atoms with Gasteiger partial charge in [-0.15, -0.1) is 0 Å². The first-order valence-electron chi connectivity index (χ1n) is 10.6. The molecule has 4 rings (SSSR count). The van der Waals surface area contributed by atoms with E-state index in [1.807, 2.05) is 25.7 Å². The number of benzene rings is 1. The van der Waals surface area contributed by atoms with Gasteiger partial charge in [0.25, 0.3) is 5.91 Å². The SMILES string of the molecule is Cc1nc(C)n([C@@H](C)CC(=O)N2CCC(C(=O)c3ccc4c(c3)NC(=O)CO4)CC2)n1. The van der Waals surface area contributed by atoms with Crippen LogP contribution in [0.25, 0.3) is 0 Å². The van der Waals surface area contributed by atoms with E-state index in [-0.39, 0.29) is 36.2 Å². The van der Waals surface area contributed by atoms with Gasteiger partial charge in [0.1, 0.15) is 17.4 Å². The summed E-state index contributed by atoms with van der Waals surface area (Å²) >= 11 is 0. The molecule has 2 amide bonds. The van der Waals surface area contributed by atoms with E-state index in [0.29, 0.717) is 55.2 Å². The molecule has 0 spiro atoms. The number of ether oxygens (including phenoxy) is 1. The van der Waals surface area contributed by atoms with Gasteiger partial charge in [0.05, 0.1) is 11.7 Å². The standard InChI is InChI=1S/C22H27N5O4/c1-13(27-15(3)23-14(2)25-27)10-21(29)26-8-6-16(7-9-26)22(30)17-4-5-19-18(11-17)24-20(28)12-31-19/h4-5,11,13,16H,6-10,12H2,1-3H3,(H,24,28)/t13-/m0/s1. The highest BCUT2D eigenvalue weighted by atomic mass is 16.5. The molecule has 2 aliphatic rings. The van der Waals surface area contributed by atoms with E-state index < -0.39 is 0 Å². The lowest BCUT2D eigenvalue weighted by Gasteiger charge is -2.32. The predicted octanol–water partition coefficient (Wildman–Crippen LogP) is 2.30. The fraction of sp³-hybridized carbons (Fsp3) is 0.500. The van der Waals surface area contributed by atoms with E-state index in [1.54, 1.807) is 22.9 Å². The number of carbonyl (C=O) groups excluding carboxylic acids is 3. The second kappa shape index (κ2) is 8.49. The van der Waals surface area contributed by atoms with Gasteiger partial charge in [-0.2, -0.15) is 5.10 Å². The number of carbonyl (C=O) groups is 3. The van der Waals surface area contributed by atoms with E-state index in [4.69, 9.17) is 4.74 Å². The largest absolute Gasteiger partial charge is 0.482 e. The van der Waals surface area contributed by atoms with Gasteiger partial charge in [-0.3, -0.25) is 14.4 Å². The molecular weight excluding hydrogens is 398 g/mol. The lowest BCUT2D eigenvalue weighted by Crippen LogP contribution is -2.41. The van der Waals surface area contributed by atoms with Crippen LogP contribution in [0.3, 0.4) is 0 Å². The minimum absolute atomic E-state index is 0.0124. The predicted molar refractivity (Wildman–Crippen MR) is 113 cm³/mol. The highest BCUT2D eigenvalue weighted by molar-refractivity contribution is 6.01. The Morgan fingerprint density at radius 3 is 2.68 bits per heavy atom. The van der Waals surface area contributed by atoms with E-state index in [9.17, 15) is 14.4 Å². The summed E-state index contributed by atoms with van der Waals surface area (Å²) in [6, 6.07) is 5.06. The number of nitrogens with zero attached hydrogens (tertiary/aromatic N) is 4. The summed E-state index contributed by atoms with van der Waals surface area (Å²) in [5, 5.41) is 7.10. The summed E-state index contributed by atoms with van der Waals surface area (Å²) in [6.45, 7) is 6.79. The zero-order valence-electron chi connectivity index (χ0n) is 18.1. The molecule has 1 N–H and O–H groups in total. The average Bonchev–Trinajstić information content (AvgIpc) is 3.10. The van der Waals surface area contributed by atoms with Gasteiger partial charge in [-0.25, -0.2) is 9.67 Å². The first-order valence-corrected chi connectivity index (χ1v) is 10.6. The van der Waals surface area contributed by atoms with Crippen LogP contribution in [0.2, 0.25) is 0 Å². The normalized spacial score (nSPS) is 17.5. The number of aryl methyl sites for hydroxylation is 2. The molecule has 1 atom stereocenters. The van der Waals surface area contributed by atoms with Crippen LogP contribution < -0.4 is 10.1 Å². The molecule has 0 aliphatic carbocycles. The quantitative estimate of drug-likeness (QED) is 0.737. The smallest absolute Gasteiger partial charge is 0.262 e. The van der Waals surface area contributed by atoms with Crippen LogP contribution in [0.4, 0.5) is 5.69 Å². The summed E-state index contributed by atoms with van der Waals surface area (Å²) in [7, 11) is 0. The Hall–Kier alpha value is -3.23. The number of hydrogen-bond acceptors (Lipinski definition) is 6. The lowest BCUT2D eigenvalue weighted by atomic mass is 9.88. The van der Waals surface area contributed by atoms with Crippen LogP contribution in [0.1, 0.15) is 54.2 Å². The molecule has 9 nitrogen and oxygen atoms in total. The number of piperidine rings is 1. The zero-order chi connectivity index (χ0) is 22.1. The minimum Gasteiger partial charge on any atom is -0.482 e. The molecule has 3 heterocycles. The summed E-state index contributed by atoms with van der Waals surface area (Å²) in [5.41, 5.74) is 1.09. The van der Waals surface area contributed by atoms with Crippen LogP contribution in [0.15, 0.2) is 18.2 Å². The molecule has 31 heavy (non-hydrogen) atoms. The summed E-state index contributed by atoms with van der Waals surface area (Å²) in [6.07, 6.45) is 1.60. The third-order valence-electron chi connectivity index (χ3n) is 5.91. The van der Waals surface area contributed by atoms with Crippen molar-refractivity contribution in [2.75, 3.05) is 25.0 Å². The van der Waals surface area contributed by atoms with Crippen molar-refractivity contribution >= 4 is 23.3 Å². The number of rotatable bonds is 5. The number of nitrogens with one attached hydrogen (secondary N) is 1. The van der Waals surface area contributed by atoms with Crippen molar-refractivity contribution in [1.29, 1.82) is 0 Å². The maximum atomic E-state index is 13.0. The molecule has 0 saturated carbocycles. The van der Waals surface area contributed by atoms with E-state index in [2.05, 4.69) is 15.4 Å². The van der Waals surface area contributed by atoms with Gasteiger partial charge >= 0.3 is 0 Å². The van der Waals surface area contributed by atoms with Crippen LogP contribution in [0.5, 0.6) is 5.75 Å². The average molecular weight is 425 g/mol. The van der Waals surface area contributed by atoms with Gasteiger partial charge in [0.15, 0.2) is 12.4 Å². The van der Waals surface area contributed by atoms with Crippen LogP contribution in [0, 0.1) is 19.8 Å². The fourth-order valence-corrected chi connectivity index (χ4v) is 4.28. The monoisotopic (exact) mass is 425 g/mol. The molecular formula is C22H27N5O4. The van der Waals surface area contributed by atoms with Crippen molar-refractivity contribution in [2.45, 2.75) is 46.1 Å². The number of anilines is 1. The Morgan fingerprint density at radius 2 is 2.00 bits per heavy atom. The minimum atomic E-state index is -0.227. The molecule has 1 aromatic carbocycles. The maximum absolute atomic E-state index is 13.0. The van der Waals surface area contributed by atoms with Crippen molar-refractivity contribution < 1.29 is 19.1 Å². The lowest BCUT2D eigenvalue weighted by molar-refractivity contribution is -0.133. The van der Waals surface area contributed by atoms with Crippen LogP contribution in [-0.4, -0.2) is 57.0 Å². The molecule has 1 aromatic heterocycles. The fourth-order valence-electron chi connectivity index (χ4n) is 4.28. The van der Waals surface area contributed by atoms with Crippen LogP contribution >= 0.6 is 0 Å². The van der Waals surface area contributed by atoms with E-state index >= 15 is 0 Å². The van der Waals surface area contributed by atoms with Crippen molar-refractivity contribution in [2.24, 2.45) is 5.92 Å². The molecule has 0 bridgehead atoms. The Morgan fingerprint density at radius 1 is 1.26 bits per heavy atom. The molecule has 1 saturated heterocycles.